The maximum absolute atomic E-state index is 5.46. The van der Waals surface area contributed by atoms with E-state index in [1.165, 1.54) is 5.56 Å². The lowest BCUT2D eigenvalue weighted by Gasteiger charge is -2.30. The highest BCUT2D eigenvalue weighted by molar-refractivity contribution is 5.74. The maximum Gasteiger partial charge on any atom is 0.244 e. The van der Waals surface area contributed by atoms with E-state index in [-0.39, 0.29) is 0 Å². The number of hydrogen-bond acceptors (Lipinski definition) is 7. The van der Waals surface area contributed by atoms with Gasteiger partial charge in [0.15, 0.2) is 5.82 Å². The van der Waals surface area contributed by atoms with Crippen LogP contribution in [0.3, 0.4) is 0 Å². The fourth-order valence-corrected chi connectivity index (χ4v) is 3.20. The van der Waals surface area contributed by atoms with Gasteiger partial charge in [-0.25, -0.2) is 0 Å². The zero-order valence-corrected chi connectivity index (χ0v) is 15.7. The van der Waals surface area contributed by atoms with Gasteiger partial charge in [0.05, 0.1) is 30.8 Å². The van der Waals surface area contributed by atoms with E-state index in [4.69, 9.17) is 4.74 Å². The topological polar surface area (TPSA) is 75.2 Å². The van der Waals surface area contributed by atoms with Crippen LogP contribution in [0.1, 0.15) is 5.56 Å². The van der Waals surface area contributed by atoms with Crippen LogP contribution in [0, 0.1) is 0 Å². The summed E-state index contributed by atoms with van der Waals surface area (Å²) in [6.45, 7) is 4.01. The molecule has 2 heterocycles. The summed E-state index contributed by atoms with van der Waals surface area (Å²) in [5.74, 6) is 1.18. The predicted molar refractivity (Wildman–Crippen MR) is 111 cm³/mol. The Morgan fingerprint density at radius 1 is 0.964 bits per heavy atom. The van der Waals surface area contributed by atoms with Crippen molar-refractivity contribution in [1.29, 1.82) is 0 Å². The molecule has 0 amide bonds. The maximum atomic E-state index is 5.46. The second-order valence-corrected chi connectivity index (χ2v) is 6.57. The molecule has 1 aliphatic heterocycles. The van der Waals surface area contributed by atoms with Crippen molar-refractivity contribution in [3.63, 3.8) is 0 Å². The van der Waals surface area contributed by atoms with Gasteiger partial charge in [-0.2, -0.15) is 10.1 Å². The summed E-state index contributed by atoms with van der Waals surface area (Å²) < 4.78 is 5.46. The molecule has 1 aliphatic rings. The number of para-hydroxylation sites is 2. The molecule has 0 radical (unpaired) electrons. The smallest absolute Gasteiger partial charge is 0.244 e. The number of hydrogen-bond donors (Lipinski definition) is 2. The van der Waals surface area contributed by atoms with E-state index in [9.17, 15) is 0 Å². The second kappa shape index (κ2) is 9.14. The predicted octanol–water partition coefficient (Wildman–Crippen LogP) is 3.11. The van der Waals surface area contributed by atoms with Gasteiger partial charge in [0, 0.05) is 19.6 Å². The largest absolute Gasteiger partial charge is 0.378 e. The van der Waals surface area contributed by atoms with Crippen molar-refractivity contribution in [3.8, 4) is 0 Å². The first-order valence-electron chi connectivity index (χ1n) is 9.55. The van der Waals surface area contributed by atoms with Gasteiger partial charge in [-0.15, -0.1) is 5.10 Å². The van der Waals surface area contributed by atoms with Crippen molar-refractivity contribution in [1.82, 2.24) is 15.2 Å². The molecule has 0 atom stereocenters. The van der Waals surface area contributed by atoms with Crippen molar-refractivity contribution in [2.75, 3.05) is 48.4 Å². The van der Waals surface area contributed by atoms with Gasteiger partial charge < -0.3 is 20.3 Å². The van der Waals surface area contributed by atoms with Gasteiger partial charge in [0.25, 0.3) is 0 Å². The SMILES string of the molecule is c1ccc(CCNc2nncc(Nc3ccccc3N3CCOCC3)n2)cc1. The molecule has 7 heteroatoms. The van der Waals surface area contributed by atoms with Crippen LogP contribution in [-0.4, -0.2) is 48.0 Å². The first-order valence-corrected chi connectivity index (χ1v) is 9.55. The van der Waals surface area contributed by atoms with Crippen LogP contribution in [0.5, 0.6) is 0 Å². The normalized spacial score (nSPS) is 13.9. The summed E-state index contributed by atoms with van der Waals surface area (Å²) >= 11 is 0. The molecule has 1 fully saturated rings. The molecule has 7 nitrogen and oxygen atoms in total. The van der Waals surface area contributed by atoms with Crippen molar-refractivity contribution in [2.45, 2.75) is 6.42 Å². The summed E-state index contributed by atoms with van der Waals surface area (Å²) in [4.78, 5) is 6.87. The monoisotopic (exact) mass is 376 g/mol. The van der Waals surface area contributed by atoms with E-state index < -0.39 is 0 Å². The average molecular weight is 376 g/mol. The van der Waals surface area contributed by atoms with Crippen LogP contribution in [0.25, 0.3) is 0 Å². The third-order valence-electron chi connectivity index (χ3n) is 4.62. The third kappa shape index (κ3) is 4.75. The molecule has 1 saturated heterocycles. The van der Waals surface area contributed by atoms with E-state index in [0.29, 0.717) is 11.8 Å². The summed E-state index contributed by atoms with van der Waals surface area (Å²) in [7, 11) is 0. The number of nitrogens with zero attached hydrogens (tertiary/aromatic N) is 4. The lowest BCUT2D eigenvalue weighted by atomic mass is 10.1. The van der Waals surface area contributed by atoms with Crippen molar-refractivity contribution >= 4 is 23.1 Å². The van der Waals surface area contributed by atoms with Crippen LogP contribution in [0.2, 0.25) is 0 Å². The minimum Gasteiger partial charge on any atom is -0.378 e. The Balaban J connectivity index is 1.41. The van der Waals surface area contributed by atoms with Gasteiger partial charge in [-0.05, 0) is 24.1 Å². The van der Waals surface area contributed by atoms with Crippen molar-refractivity contribution in [2.24, 2.45) is 0 Å². The molecule has 0 aliphatic carbocycles. The fraction of sp³-hybridized carbons (Fsp3) is 0.286. The molecule has 0 saturated carbocycles. The number of anilines is 4. The molecule has 0 spiro atoms. The van der Waals surface area contributed by atoms with Gasteiger partial charge >= 0.3 is 0 Å². The molecule has 0 bridgehead atoms. The molecular weight excluding hydrogens is 352 g/mol. The molecule has 2 aromatic carbocycles. The van der Waals surface area contributed by atoms with Crippen LogP contribution < -0.4 is 15.5 Å². The quantitative estimate of drug-likeness (QED) is 0.656. The summed E-state index contributed by atoms with van der Waals surface area (Å²) in [5.41, 5.74) is 3.42. The van der Waals surface area contributed by atoms with E-state index in [2.05, 4.69) is 55.0 Å². The highest BCUT2D eigenvalue weighted by atomic mass is 16.5. The van der Waals surface area contributed by atoms with E-state index >= 15 is 0 Å². The van der Waals surface area contributed by atoms with Gasteiger partial charge in [-0.1, -0.05) is 42.5 Å². The standard InChI is InChI=1S/C21H24N6O/c1-2-6-17(7-3-1)10-11-22-21-25-20(16-23-26-21)24-18-8-4-5-9-19(18)27-12-14-28-15-13-27/h1-9,16H,10-15H2,(H2,22,24,25,26). The van der Waals surface area contributed by atoms with Crippen LogP contribution in [-0.2, 0) is 11.2 Å². The Morgan fingerprint density at radius 3 is 2.61 bits per heavy atom. The first-order chi connectivity index (χ1) is 13.9. The van der Waals surface area contributed by atoms with E-state index in [1.807, 2.05) is 30.3 Å². The number of morpholine rings is 1. The first kappa shape index (κ1) is 18.2. The molecule has 4 rings (SSSR count). The number of rotatable bonds is 7. The summed E-state index contributed by atoms with van der Waals surface area (Å²) in [6.07, 6.45) is 2.54. The van der Waals surface area contributed by atoms with Crippen molar-refractivity contribution < 1.29 is 4.74 Å². The zero-order valence-electron chi connectivity index (χ0n) is 15.7. The Morgan fingerprint density at radius 2 is 1.75 bits per heavy atom. The number of aromatic nitrogens is 3. The lowest BCUT2D eigenvalue weighted by Crippen LogP contribution is -2.36. The molecule has 1 aromatic heterocycles. The number of ether oxygens (including phenoxy) is 1. The van der Waals surface area contributed by atoms with Gasteiger partial charge in [0.2, 0.25) is 5.95 Å². The second-order valence-electron chi connectivity index (χ2n) is 6.57. The average Bonchev–Trinajstić information content (AvgIpc) is 2.76. The molecule has 144 valence electrons. The summed E-state index contributed by atoms with van der Waals surface area (Å²) in [6, 6.07) is 18.6. The van der Waals surface area contributed by atoms with E-state index in [0.717, 1.165) is 50.6 Å². The Labute approximate surface area is 164 Å². The molecule has 2 N–H and O–H groups in total. The van der Waals surface area contributed by atoms with Crippen LogP contribution in [0.4, 0.5) is 23.1 Å². The number of nitrogens with one attached hydrogen (secondary N) is 2. The number of benzene rings is 2. The zero-order chi connectivity index (χ0) is 19.0. The minimum atomic E-state index is 0.518. The Kier molecular flexibility index (Phi) is 5.94. The summed E-state index contributed by atoms with van der Waals surface area (Å²) in [5, 5.41) is 14.8. The molecule has 3 aromatic rings. The lowest BCUT2D eigenvalue weighted by molar-refractivity contribution is 0.123. The highest BCUT2D eigenvalue weighted by Gasteiger charge is 2.15. The van der Waals surface area contributed by atoms with Crippen LogP contribution in [0.15, 0.2) is 60.8 Å². The Hall–Kier alpha value is -3.19. The Bertz CT molecular complexity index is 883. The highest BCUT2D eigenvalue weighted by Crippen LogP contribution is 2.28. The van der Waals surface area contributed by atoms with Gasteiger partial charge in [0.1, 0.15) is 0 Å². The third-order valence-corrected chi connectivity index (χ3v) is 4.62. The minimum absolute atomic E-state index is 0.518. The van der Waals surface area contributed by atoms with E-state index in [1.54, 1.807) is 6.20 Å². The van der Waals surface area contributed by atoms with Crippen LogP contribution >= 0.6 is 0 Å². The fourth-order valence-electron chi connectivity index (χ4n) is 3.20. The molecule has 28 heavy (non-hydrogen) atoms. The molecule has 0 unspecified atom stereocenters. The molecular formula is C21H24N6O. The van der Waals surface area contributed by atoms with Crippen molar-refractivity contribution in [3.05, 3.63) is 66.4 Å². The van der Waals surface area contributed by atoms with Gasteiger partial charge in [-0.3, -0.25) is 0 Å².